The summed E-state index contributed by atoms with van der Waals surface area (Å²) in [6.07, 6.45) is 3.45. The summed E-state index contributed by atoms with van der Waals surface area (Å²) >= 11 is 0. The summed E-state index contributed by atoms with van der Waals surface area (Å²) in [7, 11) is 1.33. The molecule has 27 heavy (non-hydrogen) atoms. The van der Waals surface area contributed by atoms with E-state index >= 15 is 0 Å². The fourth-order valence-corrected chi connectivity index (χ4v) is 6.98. The molecule has 0 rings (SSSR count). The average molecular weight is 409 g/mol. The third-order valence-electron chi connectivity index (χ3n) is 5.40. The van der Waals surface area contributed by atoms with Gasteiger partial charge in [-0.25, -0.2) is 4.79 Å². The van der Waals surface area contributed by atoms with Crippen molar-refractivity contribution in [2.45, 2.75) is 71.0 Å². The molecule has 0 saturated heterocycles. The topological polar surface area (TPSA) is 102 Å². The maximum atomic E-state index is 12.2. The lowest BCUT2D eigenvalue weighted by Gasteiger charge is -2.51. The Labute approximate surface area is 164 Å². The second-order valence-electron chi connectivity index (χ2n) is 6.85. The van der Waals surface area contributed by atoms with Gasteiger partial charge < -0.3 is 28.0 Å². The van der Waals surface area contributed by atoms with Gasteiger partial charge in [0.2, 0.25) is 0 Å². The minimum atomic E-state index is -3.23. The smallest absolute Gasteiger partial charge is 0.481 e. The van der Waals surface area contributed by atoms with Crippen LogP contribution in [-0.4, -0.2) is 81.6 Å². The molecule has 0 saturated carbocycles. The highest BCUT2D eigenvalue weighted by Crippen LogP contribution is 2.33. The maximum Gasteiger partial charge on any atom is 0.561 e. The molecule has 0 fully saturated rings. The summed E-state index contributed by atoms with van der Waals surface area (Å²) in [4.78, 5) is 23.8. The Morgan fingerprint density at radius 3 is 1.63 bits per heavy atom. The zero-order chi connectivity index (χ0) is 21.1. The highest BCUT2D eigenvalue weighted by Gasteiger charge is 2.61. The molecule has 0 amide bonds. The molecule has 0 bridgehead atoms. The van der Waals surface area contributed by atoms with Crippen LogP contribution in [0.3, 0.4) is 0 Å². The van der Waals surface area contributed by atoms with Crippen LogP contribution in [0.15, 0.2) is 0 Å². The van der Waals surface area contributed by atoms with Crippen molar-refractivity contribution in [1.29, 1.82) is 0 Å². The Morgan fingerprint density at radius 2 is 1.37 bits per heavy atom. The molecular formula is C18H38NO7Si+. The zero-order valence-electron chi connectivity index (χ0n) is 17.7. The molecule has 0 aromatic rings. The molecule has 0 aromatic carbocycles. The lowest BCUT2D eigenvalue weighted by molar-refractivity contribution is -0.958. The van der Waals surface area contributed by atoms with Gasteiger partial charge in [0, 0.05) is 27.8 Å². The third-order valence-corrected chi connectivity index (χ3v) is 8.84. The van der Waals surface area contributed by atoms with Crippen molar-refractivity contribution >= 4 is 20.7 Å². The fourth-order valence-electron chi connectivity index (χ4n) is 4.10. The van der Waals surface area contributed by atoms with Crippen LogP contribution in [0.2, 0.25) is 0 Å². The number of quaternary nitrogens is 1. The van der Waals surface area contributed by atoms with Gasteiger partial charge >= 0.3 is 20.7 Å². The molecule has 0 spiro atoms. The van der Waals surface area contributed by atoms with E-state index in [-0.39, 0.29) is 10.1 Å². The van der Waals surface area contributed by atoms with Gasteiger partial charge in [-0.3, -0.25) is 4.79 Å². The van der Waals surface area contributed by atoms with E-state index in [1.54, 1.807) is 0 Å². The summed E-state index contributed by atoms with van der Waals surface area (Å²) in [5, 5.41) is 19.4. The van der Waals surface area contributed by atoms with E-state index in [2.05, 4.69) is 0 Å². The summed E-state index contributed by atoms with van der Waals surface area (Å²) in [5.41, 5.74) is -0.365. The van der Waals surface area contributed by atoms with Crippen molar-refractivity contribution in [3.63, 3.8) is 0 Å². The second-order valence-corrected chi connectivity index (χ2v) is 9.95. The Bertz CT molecular complexity index is 441. The third kappa shape index (κ3) is 6.25. The number of carboxylic acids is 2. The predicted molar refractivity (Wildman–Crippen MR) is 104 cm³/mol. The maximum absolute atomic E-state index is 12.2. The molecule has 160 valence electrons. The van der Waals surface area contributed by atoms with Crippen LogP contribution in [0.4, 0.5) is 0 Å². The Kier molecular flexibility index (Phi) is 12.0. The highest BCUT2D eigenvalue weighted by atomic mass is 28.4. The summed E-state index contributed by atoms with van der Waals surface area (Å²) in [6.45, 7) is 7.12. The van der Waals surface area contributed by atoms with Crippen molar-refractivity contribution in [3.8, 4) is 0 Å². The first-order chi connectivity index (χ1) is 12.7. The second kappa shape index (κ2) is 12.5. The van der Waals surface area contributed by atoms with Crippen molar-refractivity contribution in [2.24, 2.45) is 0 Å². The average Bonchev–Trinajstić information content (AvgIpc) is 2.65. The molecule has 0 aliphatic heterocycles. The largest absolute Gasteiger partial charge is 0.561 e. The van der Waals surface area contributed by atoms with Crippen LogP contribution in [0.25, 0.3) is 0 Å². The first-order valence-corrected chi connectivity index (χ1v) is 11.5. The highest BCUT2D eigenvalue weighted by molar-refractivity contribution is 6.62. The standard InChI is InChI=1S/C18H37NO7Si/c1-7-10-12-19(13-11-8-2,15(18(22)23)14-17(20)21)16(9-3)27(24-4,25-5)26-6/h15-16H,7-14H2,1-6H3,(H-,20,21,22,23)/p+1. The van der Waals surface area contributed by atoms with E-state index < -0.39 is 33.2 Å². The lowest BCUT2D eigenvalue weighted by Crippen LogP contribution is -2.74. The minimum absolute atomic E-state index is 0.113. The van der Waals surface area contributed by atoms with Crippen molar-refractivity contribution in [3.05, 3.63) is 0 Å². The van der Waals surface area contributed by atoms with Crippen molar-refractivity contribution in [1.82, 2.24) is 0 Å². The SMILES string of the molecule is CCCC[N+](CCCC)(C(CC(=O)O)C(=O)O)C(CC)[Si](OC)(OC)OC. The zero-order valence-corrected chi connectivity index (χ0v) is 18.7. The Morgan fingerprint density at radius 1 is 0.926 bits per heavy atom. The predicted octanol–water partition coefficient (Wildman–Crippen LogP) is 2.53. The summed E-state index contributed by atoms with van der Waals surface area (Å²) in [6, 6.07) is -1.09. The van der Waals surface area contributed by atoms with Gasteiger partial charge in [-0.05, 0) is 12.8 Å². The van der Waals surface area contributed by atoms with E-state index in [1.807, 2.05) is 20.8 Å². The number of aliphatic carboxylic acids is 2. The van der Waals surface area contributed by atoms with E-state index in [4.69, 9.17) is 13.3 Å². The van der Waals surface area contributed by atoms with Crippen LogP contribution in [0.1, 0.15) is 59.3 Å². The Hall–Kier alpha value is -1.00. The first-order valence-electron chi connectivity index (χ1n) is 9.71. The van der Waals surface area contributed by atoms with E-state index in [0.717, 1.165) is 25.7 Å². The molecule has 8 nitrogen and oxygen atoms in total. The fraction of sp³-hybridized carbons (Fsp3) is 0.889. The molecule has 2 N–H and O–H groups in total. The van der Waals surface area contributed by atoms with Gasteiger partial charge in [0.25, 0.3) is 0 Å². The quantitative estimate of drug-likeness (QED) is 0.299. The molecule has 0 aliphatic carbocycles. The molecule has 0 radical (unpaired) electrons. The molecule has 0 heterocycles. The van der Waals surface area contributed by atoms with Crippen LogP contribution < -0.4 is 0 Å². The van der Waals surface area contributed by atoms with E-state index in [1.165, 1.54) is 21.3 Å². The molecule has 2 atom stereocenters. The van der Waals surface area contributed by atoms with Gasteiger partial charge in [-0.1, -0.05) is 33.6 Å². The van der Waals surface area contributed by atoms with Crippen LogP contribution in [-0.2, 0) is 22.9 Å². The molecule has 0 aliphatic rings. The van der Waals surface area contributed by atoms with Crippen molar-refractivity contribution in [2.75, 3.05) is 34.4 Å². The number of carboxylic acid groups (broad SMARTS) is 2. The number of nitrogens with zero attached hydrogens (tertiary/aromatic N) is 1. The monoisotopic (exact) mass is 408 g/mol. The van der Waals surface area contributed by atoms with Gasteiger partial charge in [-0.2, -0.15) is 0 Å². The van der Waals surface area contributed by atoms with Gasteiger partial charge in [-0.15, -0.1) is 0 Å². The first kappa shape index (κ1) is 26.0. The molecule has 0 aromatic heterocycles. The van der Waals surface area contributed by atoms with Crippen LogP contribution >= 0.6 is 0 Å². The number of unbranched alkanes of at least 4 members (excludes halogenated alkanes) is 2. The van der Waals surface area contributed by atoms with Crippen molar-refractivity contribution < 1.29 is 37.6 Å². The number of hydrogen-bond donors (Lipinski definition) is 2. The van der Waals surface area contributed by atoms with E-state index in [9.17, 15) is 19.8 Å². The number of carbonyl (C=O) groups is 2. The summed E-state index contributed by atoms with van der Waals surface area (Å²) < 4.78 is 17.3. The van der Waals surface area contributed by atoms with Gasteiger partial charge in [0.05, 0.1) is 13.1 Å². The van der Waals surface area contributed by atoms with Crippen LogP contribution in [0, 0.1) is 0 Å². The van der Waals surface area contributed by atoms with Crippen LogP contribution in [0.5, 0.6) is 0 Å². The Balaban J connectivity index is 6.59. The van der Waals surface area contributed by atoms with Gasteiger partial charge in [0.15, 0.2) is 11.7 Å². The normalized spacial score (nSPS) is 14.7. The lowest BCUT2D eigenvalue weighted by atomic mass is 10.0. The van der Waals surface area contributed by atoms with E-state index in [0.29, 0.717) is 19.5 Å². The molecular weight excluding hydrogens is 370 g/mol. The summed E-state index contributed by atoms with van der Waals surface area (Å²) in [5.74, 6) is -2.22. The molecule has 9 heteroatoms. The number of hydrogen-bond acceptors (Lipinski definition) is 5. The van der Waals surface area contributed by atoms with Gasteiger partial charge in [0.1, 0.15) is 6.42 Å². The molecule has 2 unspecified atom stereocenters. The number of rotatable bonds is 16. The minimum Gasteiger partial charge on any atom is -0.481 e.